The Balaban J connectivity index is 2.41. The summed E-state index contributed by atoms with van der Waals surface area (Å²) < 4.78 is 4.37. The van der Waals surface area contributed by atoms with Crippen LogP contribution in [0, 0.1) is 16.3 Å². The van der Waals surface area contributed by atoms with Crippen molar-refractivity contribution in [2.45, 2.75) is 6.35 Å². The molecule has 0 aromatic heterocycles. The summed E-state index contributed by atoms with van der Waals surface area (Å²) in [7, 11) is 0. The van der Waals surface area contributed by atoms with E-state index in [-0.39, 0.29) is 0 Å². The van der Waals surface area contributed by atoms with Gasteiger partial charge in [-0.3, -0.25) is 15.4 Å². The third kappa shape index (κ3) is 0.699. The predicted molar refractivity (Wildman–Crippen MR) is 22.8 cm³/mol. The second-order valence-corrected chi connectivity index (χ2v) is 1.18. The van der Waals surface area contributed by atoms with Crippen LogP contribution in [0.15, 0.2) is 6.26 Å². The van der Waals surface area contributed by atoms with Gasteiger partial charge in [0.05, 0.1) is 4.92 Å². The molecule has 0 aromatic carbocycles. The van der Waals surface area contributed by atoms with E-state index in [4.69, 9.17) is 0 Å². The number of nitro groups is 1. The average Bonchev–Trinajstić information content (AvgIpc) is 2.12. The molecule has 1 heterocycles. The van der Waals surface area contributed by atoms with Gasteiger partial charge in [-0.05, 0) is 0 Å². The maximum Gasteiger partial charge on any atom is 0.438 e. The van der Waals surface area contributed by atoms with E-state index in [1.165, 1.54) is 0 Å². The fraction of sp³-hybridized carbons (Fsp3) is 0.333. The molecule has 1 atom stereocenters. The van der Waals surface area contributed by atoms with E-state index in [9.17, 15) is 10.1 Å². The monoisotopic (exact) mass is 115 g/mol. The number of nitrogens with one attached hydrogen (secondary N) is 1. The van der Waals surface area contributed by atoms with Crippen LogP contribution in [0.25, 0.3) is 0 Å². The van der Waals surface area contributed by atoms with Crippen LogP contribution in [0.2, 0.25) is 0 Å². The fourth-order valence-electron chi connectivity index (χ4n) is 0.340. The maximum atomic E-state index is 9.76. The van der Waals surface area contributed by atoms with Crippen molar-refractivity contribution in [1.82, 2.24) is 5.32 Å². The quantitative estimate of drug-likeness (QED) is 0.367. The zero-order chi connectivity index (χ0) is 5.98. The Kier molecular flexibility index (Phi) is 1.03. The smallest absolute Gasteiger partial charge is 0.419 e. The number of hydrogen-bond acceptors (Lipinski definition) is 4. The van der Waals surface area contributed by atoms with Crippen molar-refractivity contribution in [3.63, 3.8) is 0 Å². The Morgan fingerprint density at radius 2 is 2.75 bits per heavy atom. The normalized spacial score (nSPS) is 24.2. The van der Waals surface area contributed by atoms with Gasteiger partial charge in [0, 0.05) is 0 Å². The van der Waals surface area contributed by atoms with Crippen LogP contribution < -0.4 is 5.32 Å². The molecular weight excluding hydrogens is 112 g/mol. The largest absolute Gasteiger partial charge is 0.438 e. The second-order valence-electron chi connectivity index (χ2n) is 1.18. The average molecular weight is 115 g/mol. The molecule has 1 aliphatic heterocycles. The first-order valence-corrected chi connectivity index (χ1v) is 1.92. The summed E-state index contributed by atoms with van der Waals surface area (Å²) >= 11 is 0. The van der Waals surface area contributed by atoms with E-state index in [0.717, 1.165) is 6.26 Å². The topological polar surface area (TPSA) is 64.4 Å². The molecule has 1 N–H and O–H groups in total. The van der Waals surface area contributed by atoms with Crippen molar-refractivity contribution in [3.8, 4) is 0 Å². The molecule has 0 spiro atoms. The van der Waals surface area contributed by atoms with E-state index in [1.54, 1.807) is 0 Å². The van der Waals surface area contributed by atoms with Crippen LogP contribution in [0.3, 0.4) is 0 Å². The molecule has 0 amide bonds. The van der Waals surface area contributed by atoms with Crippen molar-refractivity contribution < 1.29 is 9.66 Å². The minimum Gasteiger partial charge on any atom is -0.419 e. The lowest BCUT2D eigenvalue weighted by atomic mass is 10.9. The number of hydrogen-bond donors (Lipinski definition) is 1. The molecule has 0 aliphatic carbocycles. The molecule has 1 unspecified atom stereocenters. The lowest BCUT2D eigenvalue weighted by molar-refractivity contribution is -0.571. The first-order valence-electron chi connectivity index (χ1n) is 1.92. The third-order valence-electron chi connectivity index (χ3n) is 0.654. The Labute approximate surface area is 45.1 Å². The second kappa shape index (κ2) is 1.69. The van der Waals surface area contributed by atoms with Gasteiger partial charge in [0.1, 0.15) is 12.5 Å². The molecule has 1 radical (unpaired) electrons. The van der Waals surface area contributed by atoms with Gasteiger partial charge >= 0.3 is 6.35 Å². The molecule has 0 aromatic rings. The van der Waals surface area contributed by atoms with Crippen molar-refractivity contribution in [2.24, 2.45) is 0 Å². The molecule has 5 heteroatoms. The summed E-state index contributed by atoms with van der Waals surface area (Å²) in [6.07, 6.45) is 2.30. The summed E-state index contributed by atoms with van der Waals surface area (Å²) in [6.45, 7) is 0. The highest BCUT2D eigenvalue weighted by atomic mass is 16.7. The lowest BCUT2D eigenvalue weighted by Gasteiger charge is -1.98. The van der Waals surface area contributed by atoms with Crippen LogP contribution in [0.4, 0.5) is 0 Å². The number of nitrogens with zero attached hydrogens (tertiary/aromatic N) is 1. The zero-order valence-electron chi connectivity index (χ0n) is 3.83. The van der Waals surface area contributed by atoms with E-state index in [1.807, 2.05) is 0 Å². The third-order valence-corrected chi connectivity index (χ3v) is 0.654. The molecule has 0 fully saturated rings. The van der Waals surface area contributed by atoms with Crippen molar-refractivity contribution in [2.75, 3.05) is 0 Å². The van der Waals surface area contributed by atoms with E-state index in [0.29, 0.717) is 0 Å². The molecule has 1 aliphatic rings. The highest BCUT2D eigenvalue weighted by Crippen LogP contribution is 1.94. The summed E-state index contributed by atoms with van der Waals surface area (Å²) in [5.41, 5.74) is 0. The number of ether oxygens (including phenoxy) is 1. The van der Waals surface area contributed by atoms with Gasteiger partial charge in [0.25, 0.3) is 0 Å². The molecule has 0 bridgehead atoms. The van der Waals surface area contributed by atoms with Gasteiger partial charge in [0.2, 0.25) is 0 Å². The molecular formula is C3H3N2O3. The van der Waals surface area contributed by atoms with Gasteiger partial charge < -0.3 is 4.74 Å². The summed E-state index contributed by atoms with van der Waals surface area (Å²) in [6, 6.07) is 0. The molecule has 43 valence electrons. The highest BCUT2D eigenvalue weighted by Gasteiger charge is 2.20. The maximum absolute atomic E-state index is 9.76. The van der Waals surface area contributed by atoms with Crippen LogP contribution in [-0.4, -0.2) is 11.3 Å². The van der Waals surface area contributed by atoms with Gasteiger partial charge in [-0.15, -0.1) is 0 Å². The predicted octanol–water partition coefficient (Wildman–Crippen LogP) is -0.559. The zero-order valence-corrected chi connectivity index (χ0v) is 3.83. The Morgan fingerprint density at radius 3 is 3.00 bits per heavy atom. The summed E-state index contributed by atoms with van der Waals surface area (Å²) in [5.74, 6) is 0. The van der Waals surface area contributed by atoms with Gasteiger partial charge in [0.15, 0.2) is 0 Å². The Morgan fingerprint density at radius 1 is 2.00 bits per heavy atom. The molecule has 0 saturated heterocycles. The summed E-state index contributed by atoms with van der Waals surface area (Å²) in [5, 5.41) is 12.0. The summed E-state index contributed by atoms with van der Waals surface area (Å²) in [4.78, 5) is 9.17. The van der Waals surface area contributed by atoms with Crippen molar-refractivity contribution in [1.29, 1.82) is 0 Å². The molecule has 5 nitrogen and oxygen atoms in total. The standard InChI is InChI=1S/C3H3N2O3/c6-5(7)3-4-1-2-8-3/h2-4H. The van der Waals surface area contributed by atoms with Crippen molar-refractivity contribution >= 4 is 0 Å². The molecule has 1 rings (SSSR count). The first-order chi connectivity index (χ1) is 3.80. The van der Waals surface area contributed by atoms with Crippen LogP contribution in [-0.2, 0) is 4.74 Å². The Bertz CT molecular complexity index is 124. The number of rotatable bonds is 1. The molecule has 8 heavy (non-hydrogen) atoms. The van der Waals surface area contributed by atoms with Gasteiger partial charge in [-0.1, -0.05) is 0 Å². The minimum absolute atomic E-state index is 0.587. The SMILES string of the molecule is O=[N+]([O-])C1N[C]=CO1. The van der Waals surface area contributed by atoms with Crippen LogP contribution in [0.5, 0.6) is 0 Å². The van der Waals surface area contributed by atoms with Crippen LogP contribution >= 0.6 is 0 Å². The molecule has 0 saturated carbocycles. The van der Waals surface area contributed by atoms with Crippen molar-refractivity contribution in [3.05, 3.63) is 22.6 Å². The van der Waals surface area contributed by atoms with Gasteiger partial charge in [-0.2, -0.15) is 0 Å². The lowest BCUT2D eigenvalue weighted by Crippen LogP contribution is -2.29. The van der Waals surface area contributed by atoms with Crippen LogP contribution in [0.1, 0.15) is 0 Å². The van der Waals surface area contributed by atoms with E-state index in [2.05, 4.69) is 16.3 Å². The van der Waals surface area contributed by atoms with Gasteiger partial charge in [-0.25, -0.2) is 0 Å². The first kappa shape index (κ1) is 4.89. The van der Waals surface area contributed by atoms with E-state index >= 15 is 0 Å². The van der Waals surface area contributed by atoms with E-state index < -0.39 is 11.3 Å². The fourth-order valence-corrected chi connectivity index (χ4v) is 0.340. The Hall–Kier alpha value is -1.26. The highest BCUT2D eigenvalue weighted by molar-refractivity contribution is 4.67. The minimum atomic E-state index is -1.13.